The lowest BCUT2D eigenvalue weighted by Crippen LogP contribution is -2.37. The highest BCUT2D eigenvalue weighted by atomic mass is 32.1. The summed E-state index contributed by atoms with van der Waals surface area (Å²) in [5.74, 6) is 1.12. The van der Waals surface area contributed by atoms with Gasteiger partial charge >= 0.3 is 0 Å². The van der Waals surface area contributed by atoms with Crippen molar-refractivity contribution in [1.29, 1.82) is 0 Å². The summed E-state index contributed by atoms with van der Waals surface area (Å²) >= 11 is 1.41. The smallest absolute Gasteiger partial charge is 0.273 e. The van der Waals surface area contributed by atoms with Crippen molar-refractivity contribution in [2.75, 3.05) is 52.5 Å². The fourth-order valence-corrected chi connectivity index (χ4v) is 4.65. The van der Waals surface area contributed by atoms with E-state index < -0.39 is 0 Å². The van der Waals surface area contributed by atoms with Gasteiger partial charge in [-0.05, 0) is 23.8 Å². The average Bonchev–Trinajstić information content (AvgIpc) is 3.34. The highest BCUT2D eigenvalue weighted by molar-refractivity contribution is 7.13. The average molecular weight is 454 g/mol. The summed E-state index contributed by atoms with van der Waals surface area (Å²) in [4.78, 5) is 21.8. The van der Waals surface area contributed by atoms with Gasteiger partial charge in [-0.3, -0.25) is 4.79 Å². The van der Waals surface area contributed by atoms with Crippen LogP contribution in [0.1, 0.15) is 16.1 Å². The van der Waals surface area contributed by atoms with E-state index in [1.54, 1.807) is 24.5 Å². The number of rotatable bonds is 7. The van der Waals surface area contributed by atoms with Gasteiger partial charge in [0, 0.05) is 37.7 Å². The lowest BCUT2D eigenvalue weighted by Gasteiger charge is -2.31. The SMILES string of the molecule is COc1cccc(-c2nc(C(=O)N(C)Cc3ccccc3N3CCOCC3)cs2)c1OC. The second-order valence-electron chi connectivity index (χ2n) is 7.47. The topological polar surface area (TPSA) is 64.1 Å². The number of carbonyl (C=O) groups excluding carboxylic acids is 1. The van der Waals surface area contributed by atoms with E-state index in [9.17, 15) is 4.79 Å². The van der Waals surface area contributed by atoms with Crippen LogP contribution in [-0.4, -0.2) is 63.4 Å². The van der Waals surface area contributed by atoms with Gasteiger partial charge in [-0.15, -0.1) is 11.3 Å². The summed E-state index contributed by atoms with van der Waals surface area (Å²) in [5.41, 5.74) is 3.48. The molecule has 1 amide bonds. The largest absolute Gasteiger partial charge is 0.493 e. The minimum atomic E-state index is -0.119. The molecule has 1 aliphatic rings. The molecule has 0 radical (unpaired) electrons. The molecule has 0 aliphatic carbocycles. The number of hydrogen-bond donors (Lipinski definition) is 0. The van der Waals surface area contributed by atoms with Crippen molar-refractivity contribution in [3.63, 3.8) is 0 Å². The summed E-state index contributed by atoms with van der Waals surface area (Å²) < 4.78 is 16.4. The number of ether oxygens (including phenoxy) is 3. The van der Waals surface area contributed by atoms with Crippen molar-refractivity contribution in [2.45, 2.75) is 6.54 Å². The third kappa shape index (κ3) is 4.56. The third-order valence-electron chi connectivity index (χ3n) is 5.45. The van der Waals surface area contributed by atoms with Gasteiger partial charge in [-0.25, -0.2) is 4.98 Å². The van der Waals surface area contributed by atoms with Gasteiger partial charge in [0.15, 0.2) is 11.5 Å². The molecule has 0 bridgehead atoms. The number of carbonyl (C=O) groups is 1. The quantitative estimate of drug-likeness (QED) is 0.540. The number of thiazole rings is 1. The van der Waals surface area contributed by atoms with Gasteiger partial charge in [0.2, 0.25) is 0 Å². The highest BCUT2D eigenvalue weighted by Crippen LogP contribution is 2.39. The summed E-state index contributed by atoms with van der Waals surface area (Å²) in [7, 11) is 5.01. The van der Waals surface area contributed by atoms with E-state index in [0.29, 0.717) is 28.7 Å². The predicted octanol–water partition coefficient (Wildman–Crippen LogP) is 3.94. The first kappa shape index (κ1) is 22.1. The summed E-state index contributed by atoms with van der Waals surface area (Å²) in [6.45, 7) is 3.65. The minimum Gasteiger partial charge on any atom is -0.493 e. The van der Waals surface area contributed by atoms with Crippen molar-refractivity contribution in [3.8, 4) is 22.1 Å². The van der Waals surface area contributed by atoms with Crippen LogP contribution in [0.2, 0.25) is 0 Å². The zero-order valence-electron chi connectivity index (χ0n) is 18.5. The fraction of sp³-hybridized carbons (Fsp3) is 0.333. The lowest BCUT2D eigenvalue weighted by atomic mass is 10.1. The van der Waals surface area contributed by atoms with Crippen molar-refractivity contribution in [2.24, 2.45) is 0 Å². The van der Waals surface area contributed by atoms with E-state index in [2.05, 4.69) is 22.0 Å². The number of morpholine rings is 1. The molecule has 4 rings (SSSR count). The maximum atomic E-state index is 13.1. The van der Waals surface area contributed by atoms with Gasteiger partial charge in [-0.2, -0.15) is 0 Å². The van der Waals surface area contributed by atoms with Crippen molar-refractivity contribution in [3.05, 3.63) is 59.1 Å². The minimum absolute atomic E-state index is 0.119. The number of benzene rings is 2. The third-order valence-corrected chi connectivity index (χ3v) is 6.33. The molecule has 0 saturated carbocycles. The van der Waals surface area contributed by atoms with Crippen LogP contribution in [0.5, 0.6) is 11.5 Å². The molecule has 7 nitrogen and oxygen atoms in total. The number of aromatic nitrogens is 1. The first-order chi connectivity index (χ1) is 15.6. The molecule has 3 aromatic rings. The summed E-state index contributed by atoms with van der Waals surface area (Å²) in [6, 6.07) is 13.8. The number of hydrogen-bond acceptors (Lipinski definition) is 7. The van der Waals surface area contributed by atoms with Gasteiger partial charge in [0.1, 0.15) is 10.7 Å². The van der Waals surface area contributed by atoms with Gasteiger partial charge in [-0.1, -0.05) is 24.3 Å². The Morgan fingerprint density at radius 3 is 2.66 bits per heavy atom. The van der Waals surface area contributed by atoms with Crippen LogP contribution in [0.15, 0.2) is 47.8 Å². The molecule has 1 aliphatic heterocycles. The lowest BCUT2D eigenvalue weighted by molar-refractivity contribution is 0.0780. The van der Waals surface area contributed by atoms with E-state index in [1.807, 2.05) is 37.4 Å². The molecule has 8 heteroatoms. The normalized spacial score (nSPS) is 13.7. The van der Waals surface area contributed by atoms with Crippen LogP contribution in [0.25, 0.3) is 10.6 Å². The molecule has 0 spiro atoms. The monoisotopic (exact) mass is 453 g/mol. The van der Waals surface area contributed by atoms with E-state index in [0.717, 1.165) is 43.1 Å². The van der Waals surface area contributed by atoms with E-state index in [4.69, 9.17) is 14.2 Å². The Labute approximate surface area is 192 Å². The first-order valence-corrected chi connectivity index (χ1v) is 11.3. The molecule has 0 atom stereocenters. The number of nitrogens with zero attached hydrogens (tertiary/aromatic N) is 3. The maximum Gasteiger partial charge on any atom is 0.273 e. The van der Waals surface area contributed by atoms with Gasteiger partial charge < -0.3 is 24.0 Å². The Balaban J connectivity index is 1.53. The molecule has 0 N–H and O–H groups in total. The Bertz CT molecular complexity index is 1080. The molecule has 32 heavy (non-hydrogen) atoms. The highest BCUT2D eigenvalue weighted by Gasteiger charge is 2.21. The Hall–Kier alpha value is -3.10. The van der Waals surface area contributed by atoms with Gasteiger partial charge in [0.05, 0.1) is 33.0 Å². The first-order valence-electron chi connectivity index (χ1n) is 10.4. The summed E-state index contributed by atoms with van der Waals surface area (Å²) in [5, 5.41) is 2.51. The van der Waals surface area contributed by atoms with Gasteiger partial charge in [0.25, 0.3) is 5.91 Å². The zero-order chi connectivity index (χ0) is 22.5. The van der Waals surface area contributed by atoms with E-state index >= 15 is 0 Å². The molecular weight excluding hydrogens is 426 g/mol. The van der Waals surface area contributed by atoms with Crippen LogP contribution in [0.3, 0.4) is 0 Å². The van der Waals surface area contributed by atoms with Crippen molar-refractivity contribution >= 4 is 22.9 Å². The van der Waals surface area contributed by atoms with Crippen molar-refractivity contribution in [1.82, 2.24) is 9.88 Å². The van der Waals surface area contributed by atoms with E-state index in [-0.39, 0.29) is 5.91 Å². The summed E-state index contributed by atoms with van der Waals surface area (Å²) in [6.07, 6.45) is 0. The number of anilines is 1. The number of amides is 1. The fourth-order valence-electron chi connectivity index (χ4n) is 3.83. The molecule has 1 saturated heterocycles. The maximum absolute atomic E-state index is 13.1. The van der Waals surface area contributed by atoms with E-state index in [1.165, 1.54) is 11.3 Å². The van der Waals surface area contributed by atoms with Crippen LogP contribution in [-0.2, 0) is 11.3 Å². The molecule has 168 valence electrons. The Morgan fingerprint density at radius 1 is 1.12 bits per heavy atom. The van der Waals surface area contributed by atoms with Crippen LogP contribution in [0, 0.1) is 0 Å². The second kappa shape index (κ2) is 10.0. The van der Waals surface area contributed by atoms with Crippen LogP contribution < -0.4 is 14.4 Å². The molecule has 2 aromatic carbocycles. The Kier molecular flexibility index (Phi) is 6.92. The molecular formula is C24H27N3O4S. The zero-order valence-corrected chi connectivity index (χ0v) is 19.4. The second-order valence-corrected chi connectivity index (χ2v) is 8.33. The number of methoxy groups -OCH3 is 2. The predicted molar refractivity (Wildman–Crippen MR) is 126 cm³/mol. The molecule has 0 unspecified atom stereocenters. The van der Waals surface area contributed by atoms with Crippen LogP contribution in [0.4, 0.5) is 5.69 Å². The molecule has 1 fully saturated rings. The molecule has 2 heterocycles. The van der Waals surface area contributed by atoms with Crippen LogP contribution >= 0.6 is 11.3 Å². The molecule has 1 aromatic heterocycles. The number of para-hydroxylation sites is 2. The van der Waals surface area contributed by atoms with Crippen molar-refractivity contribution < 1.29 is 19.0 Å². The standard InChI is InChI=1S/C24H27N3O4S/c1-26(15-17-7-4-5-9-20(17)27-11-13-31-14-12-27)24(28)19-16-32-23(25-19)18-8-6-10-21(29-2)22(18)30-3/h4-10,16H,11-15H2,1-3H3. The Morgan fingerprint density at radius 2 is 1.91 bits per heavy atom.